The van der Waals surface area contributed by atoms with Gasteiger partial charge in [-0.1, -0.05) is 29.0 Å². The highest BCUT2D eigenvalue weighted by Crippen LogP contribution is 2.28. The molecule has 0 saturated carbocycles. The van der Waals surface area contributed by atoms with Gasteiger partial charge < -0.3 is 0 Å². The lowest BCUT2D eigenvalue weighted by Crippen LogP contribution is -2.14. The van der Waals surface area contributed by atoms with Crippen LogP contribution < -0.4 is 5.32 Å². The first-order valence-corrected chi connectivity index (χ1v) is 7.05. The lowest BCUT2D eigenvalue weighted by molar-refractivity contribution is 0.102. The summed E-state index contributed by atoms with van der Waals surface area (Å²) < 4.78 is 27.4. The van der Waals surface area contributed by atoms with Crippen LogP contribution in [0.4, 0.5) is 13.9 Å². The van der Waals surface area contributed by atoms with Crippen molar-refractivity contribution in [1.29, 1.82) is 0 Å². The van der Waals surface area contributed by atoms with Crippen LogP contribution in [-0.2, 0) is 0 Å². The summed E-state index contributed by atoms with van der Waals surface area (Å²) >= 11 is 7.07. The molecule has 1 aromatic heterocycles. The molecule has 3 aromatic rings. The molecule has 0 aliphatic heterocycles. The number of halogens is 3. The van der Waals surface area contributed by atoms with E-state index in [0.717, 1.165) is 10.8 Å². The van der Waals surface area contributed by atoms with E-state index < -0.39 is 17.5 Å². The van der Waals surface area contributed by atoms with Gasteiger partial charge in [-0.2, -0.15) is 0 Å². The van der Waals surface area contributed by atoms with Crippen LogP contribution in [0.25, 0.3) is 10.2 Å². The highest BCUT2D eigenvalue weighted by molar-refractivity contribution is 7.22. The SMILES string of the molecule is O=C(Nc1nc2ccc(Cl)cc2s1)c1cccc(F)c1F. The van der Waals surface area contributed by atoms with Gasteiger partial charge in [0.15, 0.2) is 16.8 Å². The van der Waals surface area contributed by atoms with Crippen molar-refractivity contribution in [2.24, 2.45) is 0 Å². The standard InChI is InChI=1S/C14H7ClF2N2OS/c15-7-4-5-10-11(6-7)21-14(18-10)19-13(20)8-2-1-3-9(16)12(8)17/h1-6H,(H,18,19,20). The Labute approximate surface area is 127 Å². The van der Waals surface area contributed by atoms with E-state index in [1.165, 1.54) is 23.5 Å². The number of nitrogens with zero attached hydrogens (tertiary/aromatic N) is 1. The molecule has 3 nitrogen and oxygen atoms in total. The Hall–Kier alpha value is -2.05. The van der Waals surface area contributed by atoms with E-state index in [1.807, 2.05) is 0 Å². The molecule has 21 heavy (non-hydrogen) atoms. The van der Waals surface area contributed by atoms with Gasteiger partial charge in [0.25, 0.3) is 5.91 Å². The second-order valence-electron chi connectivity index (χ2n) is 4.19. The van der Waals surface area contributed by atoms with Crippen LogP contribution in [0.5, 0.6) is 0 Å². The summed E-state index contributed by atoms with van der Waals surface area (Å²) in [5, 5.41) is 3.30. The number of fused-ring (bicyclic) bond motifs is 1. The van der Waals surface area contributed by atoms with Crippen LogP contribution in [0.2, 0.25) is 5.02 Å². The van der Waals surface area contributed by atoms with Gasteiger partial charge in [-0.3, -0.25) is 10.1 Å². The summed E-state index contributed by atoms with van der Waals surface area (Å²) in [5.74, 6) is -3.00. The summed E-state index contributed by atoms with van der Waals surface area (Å²) in [5.41, 5.74) is 0.298. The minimum Gasteiger partial charge on any atom is -0.298 e. The summed E-state index contributed by atoms with van der Waals surface area (Å²) in [7, 11) is 0. The largest absolute Gasteiger partial charge is 0.298 e. The average molecular weight is 325 g/mol. The number of amides is 1. The fraction of sp³-hybridized carbons (Fsp3) is 0. The van der Waals surface area contributed by atoms with Gasteiger partial charge in [0, 0.05) is 5.02 Å². The average Bonchev–Trinajstić information content (AvgIpc) is 2.83. The molecule has 1 heterocycles. The highest BCUT2D eigenvalue weighted by Gasteiger charge is 2.16. The first kappa shape index (κ1) is 13.9. The zero-order valence-corrected chi connectivity index (χ0v) is 11.9. The highest BCUT2D eigenvalue weighted by atomic mass is 35.5. The maximum Gasteiger partial charge on any atom is 0.260 e. The molecule has 0 saturated heterocycles. The molecule has 7 heteroatoms. The number of hydrogen-bond acceptors (Lipinski definition) is 3. The molecule has 0 aliphatic rings. The molecule has 0 bridgehead atoms. The van der Waals surface area contributed by atoms with Crippen LogP contribution in [0.3, 0.4) is 0 Å². The maximum absolute atomic E-state index is 13.5. The van der Waals surface area contributed by atoms with Gasteiger partial charge in [-0.15, -0.1) is 0 Å². The van der Waals surface area contributed by atoms with Crippen molar-refractivity contribution in [2.45, 2.75) is 0 Å². The Morgan fingerprint density at radius 2 is 2.05 bits per heavy atom. The van der Waals surface area contributed by atoms with Crippen LogP contribution in [0.15, 0.2) is 36.4 Å². The van der Waals surface area contributed by atoms with Crippen molar-refractivity contribution < 1.29 is 13.6 Å². The first-order valence-electron chi connectivity index (χ1n) is 5.86. The molecular formula is C14H7ClF2N2OS. The second-order valence-corrected chi connectivity index (χ2v) is 5.65. The number of anilines is 1. The van der Waals surface area contributed by atoms with Crippen LogP contribution in [0, 0.1) is 11.6 Å². The fourth-order valence-electron chi connectivity index (χ4n) is 1.80. The van der Waals surface area contributed by atoms with E-state index in [0.29, 0.717) is 15.7 Å². The zero-order valence-electron chi connectivity index (χ0n) is 10.4. The Bertz CT molecular complexity index is 850. The van der Waals surface area contributed by atoms with E-state index >= 15 is 0 Å². The van der Waals surface area contributed by atoms with Crippen LogP contribution in [0.1, 0.15) is 10.4 Å². The molecule has 0 atom stereocenters. The molecule has 3 rings (SSSR count). The number of thiazole rings is 1. The minimum absolute atomic E-state index is 0.293. The minimum atomic E-state index is -1.18. The number of nitrogens with one attached hydrogen (secondary N) is 1. The number of hydrogen-bond donors (Lipinski definition) is 1. The molecule has 0 radical (unpaired) electrons. The zero-order chi connectivity index (χ0) is 15.0. The smallest absolute Gasteiger partial charge is 0.260 e. The van der Waals surface area contributed by atoms with Crippen molar-refractivity contribution in [3.8, 4) is 0 Å². The van der Waals surface area contributed by atoms with Crippen molar-refractivity contribution >= 4 is 44.2 Å². The molecule has 106 valence electrons. The first-order chi connectivity index (χ1) is 10.0. The molecular weight excluding hydrogens is 318 g/mol. The summed E-state index contributed by atoms with van der Waals surface area (Å²) in [6.07, 6.45) is 0. The Morgan fingerprint density at radius 1 is 1.24 bits per heavy atom. The molecule has 0 aliphatic carbocycles. The molecule has 0 spiro atoms. The Kier molecular flexibility index (Phi) is 3.57. The molecule has 0 unspecified atom stereocenters. The number of carbonyl (C=O) groups excluding carboxylic acids is 1. The summed E-state index contributed by atoms with van der Waals surface area (Å²) in [6, 6.07) is 8.54. The monoisotopic (exact) mass is 324 g/mol. The van der Waals surface area contributed by atoms with Crippen LogP contribution >= 0.6 is 22.9 Å². The third-order valence-electron chi connectivity index (χ3n) is 2.77. The van der Waals surface area contributed by atoms with Crippen molar-refractivity contribution in [1.82, 2.24) is 4.98 Å². The molecule has 2 aromatic carbocycles. The lowest BCUT2D eigenvalue weighted by Gasteiger charge is -2.03. The normalized spacial score (nSPS) is 10.8. The van der Waals surface area contributed by atoms with Gasteiger partial charge in [0.1, 0.15) is 0 Å². The Morgan fingerprint density at radius 3 is 2.86 bits per heavy atom. The summed E-state index contributed by atoms with van der Waals surface area (Å²) in [6.45, 7) is 0. The van der Waals surface area contributed by atoms with E-state index in [-0.39, 0.29) is 5.56 Å². The van der Waals surface area contributed by atoms with E-state index in [2.05, 4.69) is 10.3 Å². The third-order valence-corrected chi connectivity index (χ3v) is 3.94. The fourth-order valence-corrected chi connectivity index (χ4v) is 2.93. The number of aromatic nitrogens is 1. The second kappa shape index (κ2) is 5.38. The van der Waals surface area contributed by atoms with Crippen LogP contribution in [-0.4, -0.2) is 10.9 Å². The Balaban J connectivity index is 1.91. The lowest BCUT2D eigenvalue weighted by atomic mass is 10.2. The van der Waals surface area contributed by atoms with Gasteiger partial charge >= 0.3 is 0 Å². The van der Waals surface area contributed by atoms with E-state index in [4.69, 9.17) is 11.6 Å². The van der Waals surface area contributed by atoms with Gasteiger partial charge in [-0.05, 0) is 30.3 Å². The van der Waals surface area contributed by atoms with E-state index in [9.17, 15) is 13.6 Å². The third kappa shape index (κ3) is 2.72. The number of carbonyl (C=O) groups is 1. The van der Waals surface area contributed by atoms with Crippen molar-refractivity contribution in [2.75, 3.05) is 5.32 Å². The predicted octanol–water partition coefficient (Wildman–Crippen LogP) is 4.48. The van der Waals surface area contributed by atoms with Crippen molar-refractivity contribution in [3.63, 3.8) is 0 Å². The number of benzene rings is 2. The van der Waals surface area contributed by atoms with E-state index in [1.54, 1.807) is 18.2 Å². The van der Waals surface area contributed by atoms with Gasteiger partial charge in [0.2, 0.25) is 0 Å². The van der Waals surface area contributed by atoms with Gasteiger partial charge in [0.05, 0.1) is 15.8 Å². The maximum atomic E-state index is 13.5. The molecule has 1 N–H and O–H groups in total. The van der Waals surface area contributed by atoms with Crippen molar-refractivity contribution in [3.05, 3.63) is 58.6 Å². The number of rotatable bonds is 2. The predicted molar refractivity (Wildman–Crippen MR) is 78.9 cm³/mol. The van der Waals surface area contributed by atoms with Gasteiger partial charge in [-0.25, -0.2) is 13.8 Å². The molecule has 0 fully saturated rings. The quantitative estimate of drug-likeness (QED) is 0.755. The topological polar surface area (TPSA) is 42.0 Å². The summed E-state index contributed by atoms with van der Waals surface area (Å²) in [4.78, 5) is 16.1. The molecule has 1 amide bonds.